The summed E-state index contributed by atoms with van der Waals surface area (Å²) < 4.78 is 0. The topological polar surface area (TPSA) is 24.1 Å². The highest BCUT2D eigenvalue weighted by Crippen LogP contribution is 2.19. The summed E-state index contributed by atoms with van der Waals surface area (Å²) in [7, 11) is 1.93. The van der Waals surface area contributed by atoms with Crippen LogP contribution < -0.4 is 10.6 Å². The van der Waals surface area contributed by atoms with E-state index in [1.54, 1.807) is 0 Å². The number of nitrogens with one attached hydrogen (secondary N) is 2. The Morgan fingerprint density at radius 1 is 1.27 bits per heavy atom. The summed E-state index contributed by atoms with van der Waals surface area (Å²) in [5.41, 5.74) is 2.31. The van der Waals surface area contributed by atoms with Crippen molar-refractivity contribution in [2.45, 2.75) is 6.92 Å². The third-order valence-electron chi connectivity index (χ3n) is 1.56. The van der Waals surface area contributed by atoms with Gasteiger partial charge in [-0.2, -0.15) is 0 Å². The Kier molecular flexibility index (Phi) is 2.78. The van der Waals surface area contributed by atoms with Crippen molar-refractivity contribution in [3.8, 4) is 0 Å². The van der Waals surface area contributed by atoms with Crippen LogP contribution in [-0.4, -0.2) is 13.6 Å². The Labute approximate surface area is 69.1 Å². The van der Waals surface area contributed by atoms with Gasteiger partial charge in [-0.3, -0.25) is 0 Å². The molecule has 0 bridgehead atoms. The zero-order chi connectivity index (χ0) is 8.10. The Morgan fingerprint density at radius 3 is 2.45 bits per heavy atom. The lowest BCUT2D eigenvalue weighted by molar-refractivity contribution is 1.21. The van der Waals surface area contributed by atoms with E-state index >= 15 is 0 Å². The summed E-state index contributed by atoms with van der Waals surface area (Å²) in [4.78, 5) is 0. The Morgan fingerprint density at radius 2 is 1.91 bits per heavy atom. The largest absolute Gasteiger partial charge is 0.386 e. The first-order chi connectivity index (χ1) is 5.38. The third-order valence-corrected chi connectivity index (χ3v) is 1.56. The van der Waals surface area contributed by atoms with Crippen molar-refractivity contribution in [3.05, 3.63) is 24.3 Å². The van der Waals surface area contributed by atoms with Gasteiger partial charge in [0.1, 0.15) is 0 Å². The van der Waals surface area contributed by atoms with Crippen molar-refractivity contribution >= 4 is 11.4 Å². The summed E-state index contributed by atoms with van der Waals surface area (Å²) in [6.45, 7) is 3.05. The molecule has 1 rings (SSSR count). The molecule has 0 spiro atoms. The highest BCUT2D eigenvalue weighted by atomic mass is 14.9. The number of anilines is 2. The first kappa shape index (κ1) is 7.92. The molecule has 0 aliphatic rings. The molecular formula is C9H16N2. The molecule has 0 aromatic heterocycles. The van der Waals surface area contributed by atoms with Gasteiger partial charge in [0.05, 0.1) is 11.4 Å². The van der Waals surface area contributed by atoms with Crippen molar-refractivity contribution in [1.82, 2.24) is 0 Å². The van der Waals surface area contributed by atoms with Gasteiger partial charge in [-0.05, 0) is 19.1 Å². The quantitative estimate of drug-likeness (QED) is 0.695. The molecule has 1 aromatic carbocycles. The zero-order valence-corrected chi connectivity index (χ0v) is 7.02. The summed E-state index contributed by atoms with van der Waals surface area (Å²) in [6, 6.07) is 8.17. The fraction of sp³-hybridized carbons (Fsp3) is 0.333. The van der Waals surface area contributed by atoms with Crippen molar-refractivity contribution in [3.63, 3.8) is 0 Å². The molecule has 0 aliphatic heterocycles. The minimum atomic E-state index is 0. The van der Waals surface area contributed by atoms with Crippen molar-refractivity contribution in [2.24, 2.45) is 0 Å². The second-order valence-corrected chi connectivity index (χ2v) is 2.33. The maximum Gasteiger partial charge on any atom is 0.0575 e. The molecule has 2 N–H and O–H groups in total. The summed E-state index contributed by atoms with van der Waals surface area (Å²) in [5, 5.41) is 6.38. The van der Waals surface area contributed by atoms with E-state index in [0.29, 0.717) is 0 Å². The number of hydrogen-bond donors (Lipinski definition) is 2. The standard InChI is InChI=1S/C9H14N2.H2/c1-3-11-9-7-5-4-6-8(9)10-2;/h4-7,10-11H,3H2,1-2H3;1H. The zero-order valence-electron chi connectivity index (χ0n) is 7.02. The van der Waals surface area contributed by atoms with E-state index in [9.17, 15) is 0 Å². The predicted molar refractivity (Wildman–Crippen MR) is 52.3 cm³/mol. The lowest BCUT2D eigenvalue weighted by atomic mass is 10.2. The highest BCUT2D eigenvalue weighted by molar-refractivity contribution is 5.68. The van der Waals surface area contributed by atoms with Gasteiger partial charge in [0.25, 0.3) is 0 Å². The van der Waals surface area contributed by atoms with Crippen LogP contribution in [0.3, 0.4) is 0 Å². The number of benzene rings is 1. The molecule has 0 amide bonds. The molecule has 1 aromatic rings. The SMILES string of the molecule is CCNc1ccccc1NC.[HH]. The monoisotopic (exact) mass is 152 g/mol. The summed E-state index contributed by atoms with van der Waals surface area (Å²) >= 11 is 0. The fourth-order valence-electron chi connectivity index (χ4n) is 1.05. The Hall–Kier alpha value is -1.18. The van der Waals surface area contributed by atoms with Gasteiger partial charge in [-0.1, -0.05) is 12.1 Å². The number of para-hydroxylation sites is 2. The smallest absolute Gasteiger partial charge is 0.0575 e. The molecular weight excluding hydrogens is 136 g/mol. The van der Waals surface area contributed by atoms with Crippen LogP contribution in [0.4, 0.5) is 11.4 Å². The van der Waals surface area contributed by atoms with E-state index < -0.39 is 0 Å². The molecule has 0 saturated carbocycles. The second kappa shape index (κ2) is 3.86. The average Bonchev–Trinajstić information content (AvgIpc) is 2.06. The van der Waals surface area contributed by atoms with Crippen LogP contribution in [0.2, 0.25) is 0 Å². The van der Waals surface area contributed by atoms with Crippen LogP contribution in [0.1, 0.15) is 8.35 Å². The number of hydrogen-bond acceptors (Lipinski definition) is 2. The minimum absolute atomic E-state index is 0. The molecule has 2 nitrogen and oxygen atoms in total. The Bertz CT molecular complexity index is 226. The van der Waals surface area contributed by atoms with Crippen LogP contribution >= 0.6 is 0 Å². The van der Waals surface area contributed by atoms with Gasteiger partial charge < -0.3 is 10.6 Å². The molecule has 0 saturated heterocycles. The highest BCUT2D eigenvalue weighted by Gasteiger charge is 1.94. The van der Waals surface area contributed by atoms with Crippen LogP contribution in [0.5, 0.6) is 0 Å². The second-order valence-electron chi connectivity index (χ2n) is 2.33. The van der Waals surface area contributed by atoms with E-state index in [4.69, 9.17) is 0 Å². The van der Waals surface area contributed by atoms with E-state index in [1.165, 1.54) is 0 Å². The maximum atomic E-state index is 3.26. The van der Waals surface area contributed by atoms with Gasteiger partial charge in [-0.15, -0.1) is 0 Å². The van der Waals surface area contributed by atoms with Gasteiger partial charge in [0, 0.05) is 15.0 Å². The van der Waals surface area contributed by atoms with Crippen LogP contribution in [0.15, 0.2) is 24.3 Å². The van der Waals surface area contributed by atoms with E-state index in [2.05, 4.69) is 29.7 Å². The van der Waals surface area contributed by atoms with Crippen LogP contribution in [0, 0.1) is 0 Å². The first-order valence-electron chi connectivity index (χ1n) is 3.89. The fourth-order valence-corrected chi connectivity index (χ4v) is 1.05. The van der Waals surface area contributed by atoms with E-state index in [1.807, 2.05) is 19.2 Å². The molecule has 2 heteroatoms. The summed E-state index contributed by atoms with van der Waals surface area (Å²) in [5.74, 6) is 0. The van der Waals surface area contributed by atoms with Gasteiger partial charge >= 0.3 is 0 Å². The molecule has 0 fully saturated rings. The molecule has 62 valence electrons. The normalized spacial score (nSPS) is 9.27. The molecule has 0 aliphatic carbocycles. The van der Waals surface area contributed by atoms with Gasteiger partial charge in [0.2, 0.25) is 0 Å². The minimum Gasteiger partial charge on any atom is -0.386 e. The van der Waals surface area contributed by atoms with Gasteiger partial charge in [0.15, 0.2) is 0 Å². The number of rotatable bonds is 3. The van der Waals surface area contributed by atoms with Gasteiger partial charge in [-0.25, -0.2) is 0 Å². The van der Waals surface area contributed by atoms with Crippen LogP contribution in [-0.2, 0) is 0 Å². The molecule has 0 atom stereocenters. The van der Waals surface area contributed by atoms with E-state index in [-0.39, 0.29) is 1.43 Å². The lowest BCUT2D eigenvalue weighted by Crippen LogP contribution is -2.00. The average molecular weight is 152 g/mol. The van der Waals surface area contributed by atoms with Crippen molar-refractivity contribution in [1.29, 1.82) is 0 Å². The predicted octanol–water partition coefficient (Wildman–Crippen LogP) is 2.41. The lowest BCUT2D eigenvalue weighted by Gasteiger charge is -2.08. The van der Waals surface area contributed by atoms with Crippen molar-refractivity contribution in [2.75, 3.05) is 24.2 Å². The first-order valence-corrected chi connectivity index (χ1v) is 3.89. The molecule has 0 radical (unpaired) electrons. The molecule has 0 heterocycles. The van der Waals surface area contributed by atoms with Crippen LogP contribution in [0.25, 0.3) is 0 Å². The van der Waals surface area contributed by atoms with Crippen molar-refractivity contribution < 1.29 is 1.43 Å². The molecule has 11 heavy (non-hydrogen) atoms. The van der Waals surface area contributed by atoms with E-state index in [0.717, 1.165) is 17.9 Å². The molecule has 0 unspecified atom stereocenters. The summed E-state index contributed by atoms with van der Waals surface area (Å²) in [6.07, 6.45) is 0. The Balaban J connectivity index is 0.00000121. The third kappa shape index (κ3) is 1.87. The maximum absolute atomic E-state index is 3.26.